The number of anilines is 1. The van der Waals surface area contributed by atoms with Crippen molar-refractivity contribution in [1.82, 2.24) is 0 Å². The maximum atomic E-state index is 14.1. The minimum Gasteiger partial charge on any atom is -0.307 e. The Morgan fingerprint density at radius 3 is 1.77 bits per heavy atom. The first-order chi connectivity index (χ1) is 14.7. The number of para-hydroxylation sites is 1. The van der Waals surface area contributed by atoms with E-state index in [1.165, 1.54) is 67.3 Å². The number of hydrogen-bond acceptors (Lipinski definition) is 1. The molecule has 31 heavy (non-hydrogen) atoms. The molecule has 1 aromatic carbocycles. The molecular weight excluding hydrogens is 378 g/mol. The molecular formula is C29H45NO. The van der Waals surface area contributed by atoms with Gasteiger partial charge >= 0.3 is 0 Å². The zero-order valence-electron chi connectivity index (χ0n) is 21.0. The average Bonchev–Trinajstić information content (AvgIpc) is 2.70. The highest BCUT2D eigenvalue weighted by molar-refractivity contribution is 6.08. The van der Waals surface area contributed by atoms with Gasteiger partial charge in [-0.15, -0.1) is 0 Å². The first-order valence-corrected chi connectivity index (χ1v) is 12.9. The molecule has 2 aliphatic rings. The number of hydrogen-bond donors (Lipinski definition) is 0. The zero-order valence-corrected chi connectivity index (χ0v) is 21.0. The van der Waals surface area contributed by atoms with Gasteiger partial charge in [-0.2, -0.15) is 0 Å². The summed E-state index contributed by atoms with van der Waals surface area (Å²) in [6.45, 7) is 14.6. The molecule has 0 saturated carbocycles. The van der Waals surface area contributed by atoms with Crippen LogP contribution >= 0.6 is 0 Å². The molecule has 0 radical (unpaired) electrons. The number of nitrogens with zero attached hydrogens (tertiary/aromatic N) is 1. The predicted octanol–water partition coefficient (Wildman–Crippen LogP) is 8.52. The van der Waals surface area contributed by atoms with Crippen LogP contribution in [0, 0.1) is 5.41 Å². The highest BCUT2D eigenvalue weighted by Crippen LogP contribution is 2.45. The molecule has 0 saturated heterocycles. The predicted molar refractivity (Wildman–Crippen MR) is 134 cm³/mol. The molecule has 0 bridgehead atoms. The third-order valence-corrected chi connectivity index (χ3v) is 7.45. The van der Waals surface area contributed by atoms with Gasteiger partial charge in [-0.3, -0.25) is 4.79 Å². The molecule has 0 spiro atoms. The fraction of sp³-hybridized carbons (Fsp3) is 0.690. The molecule has 1 aliphatic carbocycles. The molecule has 172 valence electrons. The van der Waals surface area contributed by atoms with Crippen LogP contribution in [0.1, 0.15) is 129 Å². The molecule has 2 heteroatoms. The molecule has 1 aliphatic heterocycles. The molecule has 1 aromatic rings. The van der Waals surface area contributed by atoms with E-state index in [4.69, 9.17) is 0 Å². The van der Waals surface area contributed by atoms with Crippen molar-refractivity contribution in [3.05, 3.63) is 40.5 Å². The monoisotopic (exact) mass is 423 g/mol. The minimum atomic E-state index is 0.0334. The van der Waals surface area contributed by atoms with Gasteiger partial charge in [-0.25, -0.2) is 0 Å². The van der Waals surface area contributed by atoms with E-state index >= 15 is 0 Å². The summed E-state index contributed by atoms with van der Waals surface area (Å²) >= 11 is 0. The van der Waals surface area contributed by atoms with Crippen LogP contribution < -0.4 is 4.90 Å². The Hall–Kier alpha value is -1.57. The van der Waals surface area contributed by atoms with Crippen LogP contribution in [0.3, 0.4) is 0 Å². The number of carbonyl (C=O) groups is 1. The Kier molecular flexibility index (Phi) is 8.05. The summed E-state index contributed by atoms with van der Waals surface area (Å²) in [6, 6.07) is 6.64. The van der Waals surface area contributed by atoms with E-state index in [2.05, 4.69) is 64.6 Å². The molecule has 3 rings (SSSR count). The van der Waals surface area contributed by atoms with Crippen molar-refractivity contribution >= 4 is 11.6 Å². The molecule has 0 atom stereocenters. The summed E-state index contributed by atoms with van der Waals surface area (Å²) in [5.74, 6) is 1.09. The van der Waals surface area contributed by atoms with Crippen LogP contribution in [0.2, 0.25) is 0 Å². The van der Waals surface area contributed by atoms with E-state index in [0.29, 0.717) is 17.7 Å². The van der Waals surface area contributed by atoms with Crippen molar-refractivity contribution in [3.8, 4) is 0 Å². The van der Waals surface area contributed by atoms with E-state index < -0.39 is 0 Å². The van der Waals surface area contributed by atoms with Crippen molar-refractivity contribution in [2.75, 3.05) is 11.4 Å². The normalized spacial score (nSPS) is 21.2. The quantitative estimate of drug-likeness (QED) is 0.477. The van der Waals surface area contributed by atoms with Crippen molar-refractivity contribution in [1.29, 1.82) is 0 Å². The van der Waals surface area contributed by atoms with Gasteiger partial charge in [0.25, 0.3) is 5.91 Å². The Morgan fingerprint density at radius 2 is 1.26 bits per heavy atom. The first-order valence-electron chi connectivity index (χ1n) is 12.9. The largest absolute Gasteiger partial charge is 0.307 e. The smallest absolute Gasteiger partial charge is 0.254 e. The summed E-state index contributed by atoms with van der Waals surface area (Å²) in [5.41, 5.74) is 6.46. The van der Waals surface area contributed by atoms with Gasteiger partial charge in [0.15, 0.2) is 0 Å². The van der Waals surface area contributed by atoms with Gasteiger partial charge in [0.05, 0.1) is 5.69 Å². The number of carbonyl (C=O) groups excluding carboxylic acids is 1. The summed E-state index contributed by atoms with van der Waals surface area (Å²) in [4.78, 5) is 16.3. The van der Waals surface area contributed by atoms with Crippen molar-refractivity contribution < 1.29 is 4.79 Å². The third kappa shape index (κ3) is 5.44. The second-order valence-electron chi connectivity index (χ2n) is 11.2. The summed E-state index contributed by atoms with van der Waals surface area (Å²) < 4.78 is 0. The average molecular weight is 424 g/mol. The fourth-order valence-corrected chi connectivity index (χ4v) is 5.68. The summed E-state index contributed by atoms with van der Waals surface area (Å²) in [6.07, 6.45) is 12.4. The van der Waals surface area contributed by atoms with Crippen molar-refractivity contribution in [3.63, 3.8) is 0 Å². The lowest BCUT2D eigenvalue weighted by atomic mass is 9.73. The maximum Gasteiger partial charge on any atom is 0.254 e. The molecule has 0 fully saturated rings. The number of amides is 1. The van der Waals surface area contributed by atoms with Gasteiger partial charge < -0.3 is 4.90 Å². The van der Waals surface area contributed by atoms with Gasteiger partial charge in [-0.05, 0) is 48.6 Å². The fourth-order valence-electron chi connectivity index (χ4n) is 5.68. The SMILES string of the molecule is CC(C)c1cccc(C(C)C)c1N1CC(C)(C)C2=C(CCCCCCCCCC2)C1=O. The molecule has 1 amide bonds. The number of rotatable bonds is 3. The van der Waals surface area contributed by atoms with Gasteiger partial charge in [-0.1, -0.05) is 104 Å². The highest BCUT2D eigenvalue weighted by Gasteiger charge is 2.40. The number of benzene rings is 1. The van der Waals surface area contributed by atoms with E-state index in [9.17, 15) is 4.79 Å². The van der Waals surface area contributed by atoms with Crippen LogP contribution in [-0.2, 0) is 4.79 Å². The Labute approximate surface area is 191 Å². The zero-order chi connectivity index (χ0) is 22.6. The van der Waals surface area contributed by atoms with E-state index in [-0.39, 0.29) is 5.41 Å². The standard InChI is InChI=1S/C29H45NO/c1-21(2)23-17-15-18-24(22(3)4)27(23)30-20-29(5,6)26-19-14-12-10-8-7-9-11-13-16-25(26)28(30)31/h15,17-18,21-22H,7-14,16,19-20H2,1-6H3. The molecule has 0 aromatic heterocycles. The van der Waals surface area contributed by atoms with E-state index in [1.807, 2.05) is 0 Å². The lowest BCUT2D eigenvalue weighted by Crippen LogP contribution is -2.47. The van der Waals surface area contributed by atoms with Gasteiger partial charge in [0.2, 0.25) is 0 Å². The second-order valence-corrected chi connectivity index (χ2v) is 11.2. The minimum absolute atomic E-state index is 0.0334. The second kappa shape index (κ2) is 10.4. The van der Waals surface area contributed by atoms with Crippen molar-refractivity contribution in [2.24, 2.45) is 5.41 Å². The van der Waals surface area contributed by atoms with Crippen LogP contribution in [0.4, 0.5) is 5.69 Å². The van der Waals surface area contributed by atoms with E-state index in [1.54, 1.807) is 0 Å². The van der Waals surface area contributed by atoms with Gasteiger partial charge in [0, 0.05) is 17.5 Å². The summed E-state index contributed by atoms with van der Waals surface area (Å²) in [7, 11) is 0. The third-order valence-electron chi connectivity index (χ3n) is 7.45. The van der Waals surface area contributed by atoms with Crippen molar-refractivity contribution in [2.45, 2.75) is 118 Å². The molecule has 1 heterocycles. The Morgan fingerprint density at radius 1 is 0.774 bits per heavy atom. The lowest BCUT2D eigenvalue weighted by molar-refractivity contribution is -0.116. The topological polar surface area (TPSA) is 20.3 Å². The Bertz CT molecular complexity index is 773. The Balaban J connectivity index is 2.07. The van der Waals surface area contributed by atoms with Crippen LogP contribution in [0.15, 0.2) is 29.3 Å². The highest BCUT2D eigenvalue weighted by atomic mass is 16.2. The maximum absolute atomic E-state index is 14.1. The van der Waals surface area contributed by atoms with Crippen LogP contribution in [0.5, 0.6) is 0 Å². The molecule has 2 nitrogen and oxygen atoms in total. The lowest BCUT2D eigenvalue weighted by Gasteiger charge is -2.43. The van der Waals surface area contributed by atoms with E-state index in [0.717, 1.165) is 31.4 Å². The van der Waals surface area contributed by atoms with Gasteiger partial charge in [0.1, 0.15) is 0 Å². The molecule has 0 unspecified atom stereocenters. The molecule has 0 N–H and O–H groups in total. The van der Waals surface area contributed by atoms with Crippen LogP contribution in [0.25, 0.3) is 0 Å². The van der Waals surface area contributed by atoms with Crippen LogP contribution in [-0.4, -0.2) is 12.5 Å². The first kappa shape index (κ1) is 24.1. The summed E-state index contributed by atoms with van der Waals surface area (Å²) in [5, 5.41) is 0.